The van der Waals surface area contributed by atoms with Gasteiger partial charge in [0.1, 0.15) is 0 Å². The molecule has 0 aliphatic heterocycles. The van der Waals surface area contributed by atoms with Crippen molar-refractivity contribution in [1.29, 1.82) is 0 Å². The molecule has 0 bridgehead atoms. The van der Waals surface area contributed by atoms with E-state index in [1.165, 1.54) is 12.3 Å². The van der Waals surface area contributed by atoms with Crippen molar-refractivity contribution in [3.63, 3.8) is 0 Å². The van der Waals surface area contributed by atoms with Crippen LogP contribution in [0.1, 0.15) is 27.8 Å². The fraction of sp³-hybridized carbons (Fsp3) is 0.538. The summed E-state index contributed by atoms with van der Waals surface area (Å²) < 4.78 is 9.98. The molecule has 0 aliphatic carbocycles. The van der Waals surface area contributed by atoms with Crippen molar-refractivity contribution < 1.29 is 19.1 Å². The van der Waals surface area contributed by atoms with Gasteiger partial charge in [-0.1, -0.05) is 19.6 Å². The molecule has 0 aliphatic rings. The number of ether oxygens (including phenoxy) is 2. The Labute approximate surface area is 119 Å². The van der Waals surface area contributed by atoms with E-state index in [1.807, 2.05) is 0 Å². The van der Waals surface area contributed by atoms with Gasteiger partial charge in [-0.2, -0.15) is 5.10 Å². The molecule has 1 heterocycles. The maximum atomic E-state index is 11.8. The molecule has 0 unspecified atom stereocenters. The van der Waals surface area contributed by atoms with E-state index in [9.17, 15) is 9.59 Å². The van der Waals surface area contributed by atoms with E-state index in [4.69, 9.17) is 9.47 Å². The van der Waals surface area contributed by atoms with Crippen LogP contribution in [0.25, 0.3) is 0 Å². The minimum atomic E-state index is -1.25. The molecule has 0 saturated carbocycles. The third-order valence-electron chi connectivity index (χ3n) is 2.46. The summed E-state index contributed by atoms with van der Waals surface area (Å²) in [6.07, 6.45) is 1.26. The van der Waals surface area contributed by atoms with E-state index in [1.54, 1.807) is 6.92 Å². The van der Waals surface area contributed by atoms with Crippen LogP contribution in [0.2, 0.25) is 25.7 Å². The van der Waals surface area contributed by atoms with Crippen LogP contribution in [0.15, 0.2) is 12.3 Å². The number of aromatic nitrogens is 2. The summed E-state index contributed by atoms with van der Waals surface area (Å²) in [7, 11) is -1.25. The zero-order valence-electron chi connectivity index (χ0n) is 12.3. The second-order valence-electron chi connectivity index (χ2n) is 5.50. The van der Waals surface area contributed by atoms with Gasteiger partial charge in [0.05, 0.1) is 25.0 Å². The van der Waals surface area contributed by atoms with Crippen molar-refractivity contribution in [2.45, 2.75) is 32.6 Å². The zero-order valence-corrected chi connectivity index (χ0v) is 13.3. The smallest absolute Gasteiger partial charge is 0.358 e. The van der Waals surface area contributed by atoms with Crippen molar-refractivity contribution in [3.05, 3.63) is 23.5 Å². The minimum absolute atomic E-state index is 0.0196. The fourth-order valence-electron chi connectivity index (χ4n) is 1.32. The van der Waals surface area contributed by atoms with Gasteiger partial charge in [0.25, 0.3) is 0 Å². The Morgan fingerprint density at radius 3 is 2.50 bits per heavy atom. The van der Waals surface area contributed by atoms with Gasteiger partial charge in [0, 0.05) is 8.07 Å². The molecule has 20 heavy (non-hydrogen) atoms. The number of hydrogen-bond acceptors (Lipinski definition) is 6. The van der Waals surface area contributed by atoms with E-state index in [-0.39, 0.29) is 17.9 Å². The van der Waals surface area contributed by atoms with Crippen LogP contribution in [0.3, 0.4) is 0 Å². The lowest BCUT2D eigenvalue weighted by molar-refractivity contribution is 0.0516. The van der Waals surface area contributed by atoms with Crippen LogP contribution < -0.4 is 0 Å². The highest BCUT2D eigenvalue weighted by atomic mass is 28.3. The van der Waals surface area contributed by atoms with Gasteiger partial charge in [-0.15, -0.1) is 5.10 Å². The molecule has 0 radical (unpaired) electrons. The lowest BCUT2D eigenvalue weighted by atomic mass is 10.2. The van der Waals surface area contributed by atoms with Gasteiger partial charge in [0.15, 0.2) is 5.69 Å². The van der Waals surface area contributed by atoms with Crippen LogP contribution in [0.4, 0.5) is 0 Å². The van der Waals surface area contributed by atoms with E-state index < -0.39 is 20.0 Å². The molecule has 0 spiro atoms. The molecule has 0 N–H and O–H groups in total. The fourth-order valence-corrected chi connectivity index (χ4v) is 2.03. The maximum absolute atomic E-state index is 11.8. The number of hydrogen-bond donors (Lipinski definition) is 0. The van der Waals surface area contributed by atoms with Crippen LogP contribution in [0, 0.1) is 0 Å². The lowest BCUT2D eigenvalue weighted by Gasteiger charge is -2.14. The molecule has 0 fully saturated rings. The summed E-state index contributed by atoms with van der Waals surface area (Å²) in [5, 5.41) is 7.30. The third-order valence-corrected chi connectivity index (χ3v) is 4.16. The molecule has 6 nitrogen and oxygen atoms in total. The number of rotatable bonds is 6. The Morgan fingerprint density at radius 1 is 1.20 bits per heavy atom. The quantitative estimate of drug-likeness (QED) is 0.591. The first kappa shape index (κ1) is 16.3. The summed E-state index contributed by atoms with van der Waals surface area (Å²) >= 11 is 0. The predicted molar refractivity (Wildman–Crippen MR) is 76.4 cm³/mol. The second-order valence-corrected chi connectivity index (χ2v) is 11.1. The molecular weight excluding hydrogens is 276 g/mol. The van der Waals surface area contributed by atoms with E-state index >= 15 is 0 Å². The van der Waals surface area contributed by atoms with Gasteiger partial charge in [-0.3, -0.25) is 0 Å². The summed E-state index contributed by atoms with van der Waals surface area (Å²) in [5.74, 6) is -1.10. The summed E-state index contributed by atoms with van der Waals surface area (Å²) in [6.45, 7) is 8.92. The van der Waals surface area contributed by atoms with Crippen LogP contribution in [-0.4, -0.2) is 43.4 Å². The standard InChI is InChI=1S/C13H20N2O4Si/c1-5-18-12(16)10-8-11(15-14-9-10)13(17)19-6-7-20(2,3)4/h8-9H,5-7H2,1-4H3. The highest BCUT2D eigenvalue weighted by Crippen LogP contribution is 2.09. The first-order chi connectivity index (χ1) is 9.33. The molecule has 0 amide bonds. The molecule has 0 saturated heterocycles. The average molecular weight is 296 g/mol. The normalized spacial score (nSPS) is 11.0. The highest BCUT2D eigenvalue weighted by Gasteiger charge is 2.17. The third kappa shape index (κ3) is 5.48. The molecule has 0 aromatic carbocycles. The summed E-state index contributed by atoms with van der Waals surface area (Å²) in [4.78, 5) is 23.3. The Balaban J connectivity index is 2.65. The van der Waals surface area contributed by atoms with Gasteiger partial charge in [-0.05, 0) is 19.0 Å². The molecule has 1 aromatic rings. The lowest BCUT2D eigenvalue weighted by Crippen LogP contribution is -2.23. The Hall–Kier alpha value is -1.76. The second kappa shape index (κ2) is 7.13. The first-order valence-electron chi connectivity index (χ1n) is 6.50. The number of carbonyl (C=O) groups is 2. The largest absolute Gasteiger partial charge is 0.462 e. The highest BCUT2D eigenvalue weighted by molar-refractivity contribution is 6.76. The summed E-state index contributed by atoms with van der Waals surface area (Å²) in [5.41, 5.74) is 0.213. The monoisotopic (exact) mass is 296 g/mol. The Morgan fingerprint density at radius 2 is 1.90 bits per heavy atom. The molecule has 0 atom stereocenters. The van der Waals surface area contributed by atoms with Crippen molar-refractivity contribution in [1.82, 2.24) is 10.2 Å². The number of nitrogens with zero attached hydrogens (tertiary/aromatic N) is 2. The van der Waals surface area contributed by atoms with Gasteiger partial charge < -0.3 is 9.47 Å². The van der Waals surface area contributed by atoms with E-state index in [0.717, 1.165) is 6.04 Å². The van der Waals surface area contributed by atoms with Gasteiger partial charge in [0.2, 0.25) is 0 Å². The molecule has 110 valence electrons. The van der Waals surface area contributed by atoms with E-state index in [0.29, 0.717) is 6.61 Å². The van der Waals surface area contributed by atoms with Crippen molar-refractivity contribution in [3.8, 4) is 0 Å². The van der Waals surface area contributed by atoms with Crippen molar-refractivity contribution >= 4 is 20.0 Å². The molecule has 1 aromatic heterocycles. The maximum Gasteiger partial charge on any atom is 0.358 e. The van der Waals surface area contributed by atoms with Gasteiger partial charge >= 0.3 is 11.9 Å². The molecule has 1 rings (SSSR count). The van der Waals surface area contributed by atoms with Crippen molar-refractivity contribution in [2.24, 2.45) is 0 Å². The Kier molecular flexibility index (Phi) is 5.81. The molecule has 7 heteroatoms. The van der Waals surface area contributed by atoms with Crippen LogP contribution in [0.5, 0.6) is 0 Å². The SMILES string of the molecule is CCOC(=O)c1cnnc(C(=O)OCC[Si](C)(C)C)c1. The van der Waals surface area contributed by atoms with E-state index in [2.05, 4.69) is 29.8 Å². The molecular formula is C13H20N2O4Si. The summed E-state index contributed by atoms with van der Waals surface area (Å²) in [6, 6.07) is 2.21. The number of esters is 2. The average Bonchev–Trinajstić information content (AvgIpc) is 2.37. The minimum Gasteiger partial charge on any atom is -0.462 e. The predicted octanol–water partition coefficient (Wildman–Crippen LogP) is 2.15. The van der Waals surface area contributed by atoms with Crippen LogP contribution in [-0.2, 0) is 9.47 Å². The number of carbonyl (C=O) groups excluding carboxylic acids is 2. The zero-order chi connectivity index (χ0) is 15.2. The topological polar surface area (TPSA) is 78.4 Å². The Bertz CT molecular complexity index is 486. The van der Waals surface area contributed by atoms with Crippen molar-refractivity contribution in [2.75, 3.05) is 13.2 Å². The first-order valence-corrected chi connectivity index (χ1v) is 10.2. The van der Waals surface area contributed by atoms with Crippen LogP contribution >= 0.6 is 0 Å². The van der Waals surface area contributed by atoms with Gasteiger partial charge in [-0.25, -0.2) is 9.59 Å².